The molecule has 1 aliphatic heterocycles. The van der Waals surface area contributed by atoms with Gasteiger partial charge in [0.15, 0.2) is 0 Å². The van der Waals surface area contributed by atoms with Gasteiger partial charge in [-0.25, -0.2) is 0 Å². The van der Waals surface area contributed by atoms with Gasteiger partial charge in [-0.2, -0.15) is 0 Å². The zero-order valence-corrected chi connectivity index (χ0v) is 18.5. The van der Waals surface area contributed by atoms with E-state index < -0.39 is 0 Å². The molecule has 0 aliphatic carbocycles. The van der Waals surface area contributed by atoms with Crippen molar-refractivity contribution in [1.29, 1.82) is 0 Å². The number of halogens is 1. The van der Waals surface area contributed by atoms with Crippen molar-refractivity contribution in [2.24, 2.45) is 0 Å². The van der Waals surface area contributed by atoms with E-state index >= 15 is 0 Å². The Morgan fingerprint density at radius 2 is 1.84 bits per heavy atom. The number of anilines is 2. The maximum absolute atomic E-state index is 12.5. The number of nitrogens with zero attached hydrogens (tertiary/aromatic N) is 2. The van der Waals surface area contributed by atoms with Crippen LogP contribution in [0, 0.1) is 6.92 Å². The van der Waals surface area contributed by atoms with Gasteiger partial charge in [-0.05, 0) is 55.9 Å². The van der Waals surface area contributed by atoms with Gasteiger partial charge in [0.05, 0.1) is 11.4 Å². The maximum Gasteiger partial charge on any atom is 0.248 e. The maximum atomic E-state index is 12.5. The van der Waals surface area contributed by atoms with Crippen LogP contribution in [0.4, 0.5) is 11.4 Å². The Morgan fingerprint density at radius 1 is 1.06 bits per heavy atom. The third-order valence-electron chi connectivity index (χ3n) is 5.49. The van der Waals surface area contributed by atoms with Crippen molar-refractivity contribution in [3.63, 3.8) is 0 Å². The van der Waals surface area contributed by atoms with E-state index in [-0.39, 0.29) is 5.91 Å². The molecule has 2 aromatic carbocycles. The SMILES string of the molecule is Cc1ccc(-c2ccc(/C=C/C(=O)Nc3ccccc3N3CCN(C)CC3)o2)cc1Cl. The Kier molecular flexibility index (Phi) is 6.44. The van der Waals surface area contributed by atoms with Crippen molar-refractivity contribution < 1.29 is 9.21 Å². The van der Waals surface area contributed by atoms with Crippen LogP contribution in [0.25, 0.3) is 17.4 Å². The van der Waals surface area contributed by atoms with Crippen LogP contribution in [0.3, 0.4) is 0 Å². The number of hydrogen-bond acceptors (Lipinski definition) is 4. The summed E-state index contributed by atoms with van der Waals surface area (Å²) in [5.74, 6) is 1.12. The average molecular weight is 436 g/mol. The summed E-state index contributed by atoms with van der Waals surface area (Å²) in [5.41, 5.74) is 3.79. The van der Waals surface area contributed by atoms with Crippen LogP contribution in [0.15, 0.2) is 65.1 Å². The van der Waals surface area contributed by atoms with Crippen LogP contribution < -0.4 is 10.2 Å². The van der Waals surface area contributed by atoms with Crippen molar-refractivity contribution >= 4 is 35.0 Å². The molecule has 1 fully saturated rings. The zero-order valence-electron chi connectivity index (χ0n) is 17.8. The van der Waals surface area contributed by atoms with Gasteiger partial charge < -0.3 is 19.5 Å². The molecule has 1 aromatic heterocycles. The van der Waals surface area contributed by atoms with Crippen molar-refractivity contribution in [2.45, 2.75) is 6.92 Å². The molecule has 160 valence electrons. The lowest BCUT2D eigenvalue weighted by Gasteiger charge is -2.35. The summed E-state index contributed by atoms with van der Waals surface area (Å²) in [4.78, 5) is 17.2. The second-order valence-electron chi connectivity index (χ2n) is 7.80. The molecule has 1 aliphatic rings. The van der Waals surface area contributed by atoms with Gasteiger partial charge in [0, 0.05) is 42.8 Å². The van der Waals surface area contributed by atoms with Crippen LogP contribution >= 0.6 is 11.6 Å². The van der Waals surface area contributed by atoms with Crippen molar-refractivity contribution in [3.8, 4) is 11.3 Å². The van der Waals surface area contributed by atoms with Gasteiger partial charge in [0.1, 0.15) is 11.5 Å². The molecule has 0 saturated carbocycles. The first-order chi connectivity index (χ1) is 15.0. The molecule has 0 radical (unpaired) electrons. The van der Waals surface area contributed by atoms with Crippen LogP contribution in [-0.2, 0) is 4.79 Å². The number of aryl methyl sites for hydroxylation is 1. The standard InChI is InChI=1S/C25H26ClN3O2/c1-18-7-8-19(17-21(18)26)24-11-9-20(31-24)10-12-25(30)27-22-5-3-4-6-23(22)29-15-13-28(2)14-16-29/h3-12,17H,13-16H2,1-2H3,(H,27,30)/b12-10+. The number of piperazine rings is 1. The van der Waals surface area contributed by atoms with Crippen LogP contribution in [-0.4, -0.2) is 44.0 Å². The van der Waals surface area contributed by atoms with Crippen LogP contribution in [0.1, 0.15) is 11.3 Å². The van der Waals surface area contributed by atoms with Gasteiger partial charge in [0.25, 0.3) is 0 Å². The van der Waals surface area contributed by atoms with Crippen molar-refractivity contribution in [3.05, 3.63) is 77.0 Å². The molecule has 31 heavy (non-hydrogen) atoms. The Morgan fingerprint density at radius 3 is 2.61 bits per heavy atom. The Labute approximate surface area is 187 Å². The summed E-state index contributed by atoms with van der Waals surface area (Å²) in [6.45, 7) is 5.86. The highest BCUT2D eigenvalue weighted by atomic mass is 35.5. The summed E-state index contributed by atoms with van der Waals surface area (Å²) < 4.78 is 5.86. The van der Waals surface area contributed by atoms with E-state index in [1.165, 1.54) is 6.08 Å². The Hall–Kier alpha value is -3.02. The third-order valence-corrected chi connectivity index (χ3v) is 5.90. The van der Waals surface area contributed by atoms with Gasteiger partial charge in [-0.15, -0.1) is 0 Å². The molecule has 0 bridgehead atoms. The fourth-order valence-corrected chi connectivity index (χ4v) is 3.76. The van der Waals surface area contributed by atoms with Gasteiger partial charge in [-0.3, -0.25) is 4.79 Å². The number of amides is 1. The summed E-state index contributed by atoms with van der Waals surface area (Å²) >= 11 is 6.21. The molecule has 2 heterocycles. The number of hydrogen-bond donors (Lipinski definition) is 1. The van der Waals surface area contributed by atoms with Crippen LogP contribution in [0.5, 0.6) is 0 Å². The van der Waals surface area contributed by atoms with E-state index in [0.29, 0.717) is 16.5 Å². The molecule has 1 amide bonds. The molecule has 5 nitrogen and oxygen atoms in total. The number of furan rings is 1. The van der Waals surface area contributed by atoms with Gasteiger partial charge >= 0.3 is 0 Å². The second kappa shape index (κ2) is 9.41. The highest BCUT2D eigenvalue weighted by Crippen LogP contribution is 2.28. The number of para-hydroxylation sites is 2. The first-order valence-electron chi connectivity index (χ1n) is 10.4. The average Bonchev–Trinajstić information content (AvgIpc) is 3.24. The lowest BCUT2D eigenvalue weighted by Crippen LogP contribution is -2.44. The highest BCUT2D eigenvalue weighted by molar-refractivity contribution is 6.31. The monoisotopic (exact) mass is 435 g/mol. The summed E-state index contributed by atoms with van der Waals surface area (Å²) in [6, 6.07) is 17.4. The first-order valence-corrected chi connectivity index (χ1v) is 10.8. The number of nitrogens with one attached hydrogen (secondary N) is 1. The minimum atomic E-state index is -0.196. The quantitative estimate of drug-likeness (QED) is 0.551. The molecule has 1 saturated heterocycles. The van der Waals surface area contributed by atoms with E-state index in [1.807, 2.05) is 55.5 Å². The molecule has 6 heteroatoms. The predicted octanol–water partition coefficient (Wildman–Crippen LogP) is 5.31. The highest BCUT2D eigenvalue weighted by Gasteiger charge is 2.17. The molecule has 1 N–H and O–H groups in total. The smallest absolute Gasteiger partial charge is 0.248 e. The number of carbonyl (C=O) groups is 1. The van der Waals surface area contributed by atoms with E-state index in [2.05, 4.69) is 28.2 Å². The third kappa shape index (κ3) is 5.19. The minimum Gasteiger partial charge on any atom is -0.457 e. The van der Waals surface area contributed by atoms with E-state index in [4.69, 9.17) is 16.0 Å². The fraction of sp³-hybridized carbons (Fsp3) is 0.240. The number of carbonyl (C=O) groups excluding carboxylic acids is 1. The zero-order chi connectivity index (χ0) is 21.8. The number of likely N-dealkylation sites (N-methyl/N-ethyl adjacent to an activating group) is 1. The number of rotatable bonds is 5. The fourth-order valence-electron chi connectivity index (χ4n) is 3.58. The van der Waals surface area contributed by atoms with E-state index in [0.717, 1.165) is 48.7 Å². The van der Waals surface area contributed by atoms with Crippen LogP contribution in [0.2, 0.25) is 5.02 Å². The molecule has 3 aromatic rings. The Balaban J connectivity index is 1.43. The largest absolute Gasteiger partial charge is 0.457 e. The van der Waals surface area contributed by atoms with Gasteiger partial charge in [0.2, 0.25) is 5.91 Å². The van der Waals surface area contributed by atoms with Crippen molar-refractivity contribution in [2.75, 3.05) is 43.4 Å². The van der Waals surface area contributed by atoms with Gasteiger partial charge in [-0.1, -0.05) is 35.9 Å². The topological polar surface area (TPSA) is 48.7 Å². The van der Waals surface area contributed by atoms with E-state index in [1.54, 1.807) is 6.08 Å². The molecule has 4 rings (SSSR count). The first kappa shape index (κ1) is 21.2. The summed E-state index contributed by atoms with van der Waals surface area (Å²) in [7, 11) is 2.13. The minimum absolute atomic E-state index is 0.196. The molecule has 0 spiro atoms. The summed E-state index contributed by atoms with van der Waals surface area (Å²) in [5, 5.41) is 3.70. The normalized spacial score (nSPS) is 14.9. The van der Waals surface area contributed by atoms with E-state index in [9.17, 15) is 4.79 Å². The number of benzene rings is 2. The summed E-state index contributed by atoms with van der Waals surface area (Å²) in [6.07, 6.45) is 3.17. The Bertz CT molecular complexity index is 1100. The lowest BCUT2D eigenvalue weighted by molar-refractivity contribution is -0.111. The molecule has 0 unspecified atom stereocenters. The van der Waals surface area contributed by atoms with Crippen molar-refractivity contribution in [1.82, 2.24) is 4.90 Å². The lowest BCUT2D eigenvalue weighted by atomic mass is 10.1. The second-order valence-corrected chi connectivity index (χ2v) is 8.20. The predicted molar refractivity (Wildman–Crippen MR) is 128 cm³/mol. The molecular formula is C25H26ClN3O2. The molecule has 0 atom stereocenters. The molecular weight excluding hydrogens is 410 g/mol.